The second-order valence-electron chi connectivity index (χ2n) is 14.1. The number of benzene rings is 3. The van der Waals surface area contributed by atoms with Crippen molar-refractivity contribution in [3.05, 3.63) is 106 Å². The van der Waals surface area contributed by atoms with Gasteiger partial charge in [0.25, 0.3) is 5.91 Å². The number of anilines is 1. The number of amides is 1. The fourth-order valence-electron chi connectivity index (χ4n) is 8.26. The third kappa shape index (κ3) is 6.44. The number of carbonyl (C=O) groups is 1. The predicted molar refractivity (Wildman–Crippen MR) is 186 cm³/mol. The summed E-state index contributed by atoms with van der Waals surface area (Å²) in [4.78, 5) is 16.1. The molecule has 1 saturated carbocycles. The highest BCUT2D eigenvalue weighted by Crippen LogP contribution is 2.46. The molecule has 0 radical (unpaired) electrons. The van der Waals surface area contributed by atoms with Crippen LogP contribution in [0.15, 0.2) is 78.9 Å². The van der Waals surface area contributed by atoms with Gasteiger partial charge in [0.2, 0.25) is 10.0 Å². The topological polar surface area (TPSA) is 95.9 Å². The minimum atomic E-state index is -4.07. The van der Waals surface area contributed by atoms with Crippen LogP contribution >= 0.6 is 11.6 Å². The number of allylic oxidation sites excluding steroid dienone is 1. The molecule has 0 aromatic heterocycles. The summed E-state index contributed by atoms with van der Waals surface area (Å²) >= 11 is 6.42. The van der Waals surface area contributed by atoms with Crippen molar-refractivity contribution in [1.29, 1.82) is 0 Å². The largest absolute Gasteiger partial charge is 0.490 e. The molecule has 2 aliphatic heterocycles. The molecule has 3 aromatic carbocycles. The third-order valence-corrected chi connectivity index (χ3v) is 13.2. The first-order chi connectivity index (χ1) is 22.6. The van der Waals surface area contributed by atoms with Crippen molar-refractivity contribution in [2.45, 2.75) is 68.6 Å². The summed E-state index contributed by atoms with van der Waals surface area (Å²) in [6.45, 7) is 3.77. The first-order valence-electron chi connectivity index (χ1n) is 16.9. The van der Waals surface area contributed by atoms with E-state index in [-0.39, 0.29) is 35.2 Å². The second-order valence-corrected chi connectivity index (χ2v) is 16.5. The number of rotatable bonds is 2. The van der Waals surface area contributed by atoms with E-state index in [2.05, 4.69) is 21.8 Å². The lowest BCUT2D eigenvalue weighted by atomic mass is 9.68. The van der Waals surface area contributed by atoms with E-state index < -0.39 is 27.3 Å². The standard InChI is InChI=1S/C38H43ClN2O5S/c1-25-7-5-11-34(42)31-15-12-29(31)22-41-23-38(18-6-10-27-20-30(39)14-16-32(27)38)24-46-35-17-13-28(21-33(35)41)37(43)40-47(44,45)36(25)19-26-8-3-2-4-9-26/h2-5,8-9,11,13-14,16-17,20-21,25,29,31,34,36,42H,6-7,10,12,15,18-19,22-24H2,1H3,(H,40,43)/b11-5+/t25-,29+,31-,34+,36-,38+/m1/s1. The van der Waals surface area contributed by atoms with Gasteiger partial charge in [-0.05, 0) is 110 Å². The molecular weight excluding hydrogens is 632 g/mol. The summed E-state index contributed by atoms with van der Waals surface area (Å²) < 4.78 is 36.9. The minimum Gasteiger partial charge on any atom is -0.490 e. The number of aliphatic hydroxyl groups is 1. The first-order valence-corrected chi connectivity index (χ1v) is 18.8. The third-order valence-electron chi connectivity index (χ3n) is 11.1. The molecule has 4 aliphatic rings. The SMILES string of the molecule is C[C@@H]1C/C=C/[C@H](O)[C@@H]2CC[C@H]2CN2C[C@@]3(CCCc4cc(Cl)ccc43)COc3ccc(cc32)C(=O)NS(=O)(=O)[C@@H]1Cc1ccccc1. The fourth-order valence-corrected chi connectivity index (χ4v) is 10.1. The molecule has 1 fully saturated rings. The average molecular weight is 675 g/mol. The number of ether oxygens (including phenoxy) is 1. The van der Waals surface area contributed by atoms with Crippen LogP contribution in [0, 0.1) is 17.8 Å². The van der Waals surface area contributed by atoms with Crippen molar-refractivity contribution in [2.24, 2.45) is 17.8 Å². The summed E-state index contributed by atoms with van der Waals surface area (Å²) in [5.41, 5.74) is 4.17. The van der Waals surface area contributed by atoms with Crippen molar-refractivity contribution in [1.82, 2.24) is 4.72 Å². The Bertz CT molecular complexity index is 1780. The van der Waals surface area contributed by atoms with Gasteiger partial charge in [0.15, 0.2) is 0 Å². The molecule has 1 spiro atoms. The molecule has 1 amide bonds. The van der Waals surface area contributed by atoms with Crippen molar-refractivity contribution in [3.8, 4) is 5.75 Å². The van der Waals surface area contributed by atoms with Gasteiger partial charge in [-0.15, -0.1) is 0 Å². The van der Waals surface area contributed by atoms with Gasteiger partial charge in [-0.2, -0.15) is 0 Å². The highest BCUT2D eigenvalue weighted by molar-refractivity contribution is 7.90. The highest BCUT2D eigenvalue weighted by atomic mass is 35.5. The number of aliphatic hydroxyl groups excluding tert-OH is 1. The van der Waals surface area contributed by atoms with Crippen LogP contribution in [0.4, 0.5) is 5.69 Å². The molecule has 9 heteroatoms. The lowest BCUT2D eigenvalue weighted by molar-refractivity contribution is 0.0456. The van der Waals surface area contributed by atoms with Crippen LogP contribution in [0.5, 0.6) is 5.75 Å². The lowest BCUT2D eigenvalue weighted by Crippen LogP contribution is -2.49. The van der Waals surface area contributed by atoms with Crippen LogP contribution in [0.3, 0.4) is 0 Å². The number of fused-ring (bicyclic) bond motifs is 4. The highest BCUT2D eigenvalue weighted by Gasteiger charge is 2.44. The molecule has 2 heterocycles. The second kappa shape index (κ2) is 12.9. The Labute approximate surface area is 283 Å². The summed E-state index contributed by atoms with van der Waals surface area (Å²) in [5.74, 6) is 0.102. The summed E-state index contributed by atoms with van der Waals surface area (Å²) in [6.07, 6.45) is 8.78. The molecule has 2 aliphatic carbocycles. The Balaban J connectivity index is 1.28. The number of aryl methyl sites for hydroxylation is 1. The van der Waals surface area contributed by atoms with E-state index in [1.165, 1.54) is 11.1 Å². The summed E-state index contributed by atoms with van der Waals surface area (Å²) in [5, 5.41) is 11.2. The van der Waals surface area contributed by atoms with Crippen molar-refractivity contribution in [3.63, 3.8) is 0 Å². The molecule has 248 valence electrons. The maximum absolute atomic E-state index is 13.9. The Morgan fingerprint density at radius 1 is 1.09 bits per heavy atom. The van der Waals surface area contributed by atoms with Crippen LogP contribution < -0.4 is 14.4 Å². The van der Waals surface area contributed by atoms with Gasteiger partial charge in [-0.25, -0.2) is 13.1 Å². The molecular formula is C38H43ClN2O5S. The molecule has 2 N–H and O–H groups in total. The summed E-state index contributed by atoms with van der Waals surface area (Å²) in [7, 11) is -4.07. The van der Waals surface area contributed by atoms with Crippen LogP contribution in [-0.4, -0.2) is 50.5 Å². The van der Waals surface area contributed by atoms with Crippen molar-refractivity contribution >= 4 is 33.2 Å². The van der Waals surface area contributed by atoms with E-state index in [0.29, 0.717) is 31.9 Å². The smallest absolute Gasteiger partial charge is 0.264 e. The molecule has 7 nitrogen and oxygen atoms in total. The maximum Gasteiger partial charge on any atom is 0.264 e. The molecule has 0 unspecified atom stereocenters. The first kappa shape index (κ1) is 32.2. The average Bonchev–Trinajstić information content (AvgIpc) is 3.18. The van der Waals surface area contributed by atoms with E-state index in [4.69, 9.17) is 16.3 Å². The maximum atomic E-state index is 13.9. The van der Waals surface area contributed by atoms with Gasteiger partial charge >= 0.3 is 0 Å². The van der Waals surface area contributed by atoms with Crippen LogP contribution in [0.25, 0.3) is 0 Å². The van der Waals surface area contributed by atoms with Crippen LogP contribution in [0.1, 0.15) is 66.1 Å². The Morgan fingerprint density at radius 2 is 1.91 bits per heavy atom. The van der Waals surface area contributed by atoms with E-state index in [1.807, 2.05) is 55.5 Å². The van der Waals surface area contributed by atoms with E-state index >= 15 is 0 Å². The zero-order chi connectivity index (χ0) is 32.8. The monoisotopic (exact) mass is 674 g/mol. The number of hydrogen-bond acceptors (Lipinski definition) is 6. The minimum absolute atomic E-state index is 0.103. The van der Waals surface area contributed by atoms with Crippen molar-refractivity contribution in [2.75, 3.05) is 24.6 Å². The van der Waals surface area contributed by atoms with Gasteiger partial charge in [0.05, 0.1) is 23.6 Å². The van der Waals surface area contributed by atoms with Crippen molar-refractivity contribution < 1.29 is 23.1 Å². The van der Waals surface area contributed by atoms with Gasteiger partial charge in [-0.3, -0.25) is 4.79 Å². The number of nitrogens with one attached hydrogen (secondary N) is 1. The molecule has 7 rings (SSSR count). The number of hydrogen-bond donors (Lipinski definition) is 2. The van der Waals surface area contributed by atoms with Gasteiger partial charge < -0.3 is 14.7 Å². The molecule has 3 aromatic rings. The van der Waals surface area contributed by atoms with E-state index in [9.17, 15) is 18.3 Å². The fraction of sp³-hybridized carbons (Fsp3) is 0.447. The van der Waals surface area contributed by atoms with E-state index in [1.54, 1.807) is 18.2 Å². The number of halogens is 1. The van der Waals surface area contributed by atoms with Gasteiger partial charge in [-0.1, -0.05) is 67.1 Å². The Hall–Kier alpha value is -3.33. The Kier molecular flexibility index (Phi) is 8.87. The molecule has 2 bridgehead atoms. The number of nitrogens with zero attached hydrogens (tertiary/aromatic N) is 1. The van der Waals surface area contributed by atoms with Crippen LogP contribution in [0.2, 0.25) is 5.02 Å². The zero-order valence-electron chi connectivity index (χ0n) is 26.8. The Morgan fingerprint density at radius 3 is 2.70 bits per heavy atom. The number of carbonyl (C=O) groups excluding carboxylic acids is 1. The normalized spacial score (nSPS) is 30.9. The lowest BCUT2D eigenvalue weighted by Gasteiger charge is -2.45. The molecule has 47 heavy (non-hydrogen) atoms. The quantitative estimate of drug-likeness (QED) is 0.303. The molecule has 6 atom stereocenters. The van der Waals surface area contributed by atoms with E-state index in [0.717, 1.165) is 48.4 Å². The van der Waals surface area contributed by atoms with Crippen LogP contribution in [-0.2, 0) is 28.3 Å². The molecule has 0 saturated heterocycles. The van der Waals surface area contributed by atoms with Gasteiger partial charge in [0, 0.05) is 29.1 Å². The zero-order valence-corrected chi connectivity index (χ0v) is 28.3. The summed E-state index contributed by atoms with van der Waals surface area (Å²) in [6, 6.07) is 20.9. The number of sulfonamides is 1. The van der Waals surface area contributed by atoms with Gasteiger partial charge in [0.1, 0.15) is 5.75 Å². The predicted octanol–water partition coefficient (Wildman–Crippen LogP) is 6.47.